The van der Waals surface area contributed by atoms with Gasteiger partial charge < -0.3 is 9.84 Å². The first-order valence-electron chi connectivity index (χ1n) is 8.51. The molecule has 0 spiro atoms. The molecule has 2 heterocycles. The number of thioether (sulfide) groups is 1. The standard InChI is InChI=1S/C18H21N5O2S/c1-4-12-6-8-13(9-7-12)16-20-18(22-21-16)26-14(5-2)17(24)19-15-10-11(3)25-23-15/h6-10,14H,4-5H2,1-3H3,(H,19,23,24)(H,20,21,22). The molecular weight excluding hydrogens is 350 g/mol. The van der Waals surface area contributed by atoms with Crippen molar-refractivity contribution in [3.05, 3.63) is 41.7 Å². The summed E-state index contributed by atoms with van der Waals surface area (Å²) in [5.41, 5.74) is 2.24. The van der Waals surface area contributed by atoms with Gasteiger partial charge in [0.2, 0.25) is 11.1 Å². The van der Waals surface area contributed by atoms with E-state index in [9.17, 15) is 4.79 Å². The highest BCUT2D eigenvalue weighted by Gasteiger charge is 2.21. The first kappa shape index (κ1) is 18.2. The molecule has 0 aliphatic rings. The van der Waals surface area contributed by atoms with Crippen LogP contribution in [-0.2, 0) is 11.2 Å². The van der Waals surface area contributed by atoms with Gasteiger partial charge in [-0.15, -0.1) is 5.10 Å². The van der Waals surface area contributed by atoms with Gasteiger partial charge in [-0.25, -0.2) is 4.98 Å². The van der Waals surface area contributed by atoms with Crippen molar-refractivity contribution in [1.29, 1.82) is 0 Å². The van der Waals surface area contributed by atoms with E-state index in [1.54, 1.807) is 13.0 Å². The van der Waals surface area contributed by atoms with Gasteiger partial charge in [0, 0.05) is 11.6 Å². The van der Waals surface area contributed by atoms with E-state index in [2.05, 4.69) is 44.7 Å². The minimum Gasteiger partial charge on any atom is -0.360 e. The Kier molecular flexibility index (Phi) is 5.72. The van der Waals surface area contributed by atoms with Gasteiger partial charge in [0.25, 0.3) is 0 Å². The van der Waals surface area contributed by atoms with Crippen LogP contribution in [-0.4, -0.2) is 31.5 Å². The van der Waals surface area contributed by atoms with Gasteiger partial charge in [-0.1, -0.05) is 55.0 Å². The molecule has 0 aliphatic heterocycles. The number of rotatable bonds is 7. The van der Waals surface area contributed by atoms with Gasteiger partial charge in [0.05, 0.1) is 5.25 Å². The van der Waals surface area contributed by atoms with Gasteiger partial charge in [-0.2, -0.15) is 0 Å². The normalized spacial score (nSPS) is 12.1. The smallest absolute Gasteiger partial charge is 0.239 e. The average Bonchev–Trinajstić information content (AvgIpc) is 3.28. The Hall–Kier alpha value is -2.61. The Morgan fingerprint density at radius 1 is 1.31 bits per heavy atom. The number of hydrogen-bond acceptors (Lipinski definition) is 6. The zero-order valence-corrected chi connectivity index (χ0v) is 15.8. The molecule has 7 nitrogen and oxygen atoms in total. The number of anilines is 1. The van der Waals surface area contributed by atoms with Crippen LogP contribution in [0.15, 0.2) is 40.0 Å². The Morgan fingerprint density at radius 2 is 2.08 bits per heavy atom. The topological polar surface area (TPSA) is 96.7 Å². The second-order valence-electron chi connectivity index (χ2n) is 5.84. The van der Waals surface area contributed by atoms with Gasteiger partial charge in [0.15, 0.2) is 11.6 Å². The van der Waals surface area contributed by atoms with Crippen molar-refractivity contribution in [2.75, 3.05) is 5.32 Å². The summed E-state index contributed by atoms with van der Waals surface area (Å²) >= 11 is 1.32. The molecule has 3 rings (SSSR count). The molecule has 3 aromatic rings. The second-order valence-corrected chi connectivity index (χ2v) is 7.01. The van der Waals surface area contributed by atoms with E-state index < -0.39 is 0 Å². The maximum Gasteiger partial charge on any atom is 0.239 e. The van der Waals surface area contributed by atoms with Crippen molar-refractivity contribution < 1.29 is 9.32 Å². The number of aryl methyl sites for hydroxylation is 2. The van der Waals surface area contributed by atoms with Gasteiger partial charge in [-0.05, 0) is 25.3 Å². The highest BCUT2D eigenvalue weighted by atomic mass is 32.2. The summed E-state index contributed by atoms with van der Waals surface area (Å²) in [6.45, 7) is 5.84. The van der Waals surface area contributed by atoms with Crippen molar-refractivity contribution >= 4 is 23.5 Å². The molecule has 0 bridgehead atoms. The third kappa shape index (κ3) is 4.32. The van der Waals surface area contributed by atoms with Crippen LogP contribution >= 0.6 is 11.8 Å². The third-order valence-corrected chi connectivity index (χ3v) is 5.12. The van der Waals surface area contributed by atoms with Crippen LogP contribution in [0.5, 0.6) is 0 Å². The number of carbonyl (C=O) groups excluding carboxylic acids is 1. The van der Waals surface area contributed by atoms with Crippen molar-refractivity contribution in [3.8, 4) is 11.4 Å². The number of nitrogens with one attached hydrogen (secondary N) is 2. The van der Waals surface area contributed by atoms with Crippen LogP contribution in [0.25, 0.3) is 11.4 Å². The first-order valence-corrected chi connectivity index (χ1v) is 9.39. The Labute approximate surface area is 156 Å². The summed E-state index contributed by atoms with van der Waals surface area (Å²) in [6, 6.07) is 9.87. The SMILES string of the molecule is CCc1ccc(-c2nc(SC(CC)C(=O)Nc3cc(C)on3)n[nH]2)cc1. The molecule has 26 heavy (non-hydrogen) atoms. The molecule has 1 atom stereocenters. The van der Waals surface area contributed by atoms with Crippen molar-refractivity contribution in [3.63, 3.8) is 0 Å². The van der Waals surface area contributed by atoms with E-state index in [-0.39, 0.29) is 11.2 Å². The molecule has 0 aliphatic carbocycles. The number of carbonyl (C=O) groups is 1. The monoisotopic (exact) mass is 371 g/mol. The molecule has 1 aromatic carbocycles. The van der Waals surface area contributed by atoms with Gasteiger partial charge >= 0.3 is 0 Å². The predicted octanol–water partition coefficient (Wildman–Crippen LogP) is 3.84. The fourth-order valence-electron chi connectivity index (χ4n) is 2.41. The number of nitrogens with zero attached hydrogens (tertiary/aromatic N) is 3. The van der Waals surface area contributed by atoms with Crippen LogP contribution in [0.2, 0.25) is 0 Å². The van der Waals surface area contributed by atoms with Crippen molar-refractivity contribution in [2.45, 2.75) is 44.0 Å². The minimum absolute atomic E-state index is 0.149. The lowest BCUT2D eigenvalue weighted by atomic mass is 10.1. The third-order valence-electron chi connectivity index (χ3n) is 3.89. The zero-order chi connectivity index (χ0) is 18.5. The van der Waals surface area contributed by atoms with Crippen LogP contribution in [0, 0.1) is 6.92 Å². The molecular formula is C18H21N5O2S. The van der Waals surface area contributed by atoms with E-state index in [4.69, 9.17) is 4.52 Å². The van der Waals surface area contributed by atoms with Gasteiger partial charge in [-0.3, -0.25) is 9.89 Å². The summed E-state index contributed by atoms with van der Waals surface area (Å²) in [7, 11) is 0. The zero-order valence-electron chi connectivity index (χ0n) is 14.9. The van der Waals surface area contributed by atoms with E-state index in [1.807, 2.05) is 19.1 Å². The van der Waals surface area contributed by atoms with Crippen LogP contribution in [0.4, 0.5) is 5.82 Å². The predicted molar refractivity (Wildman–Crippen MR) is 101 cm³/mol. The Balaban J connectivity index is 1.66. The van der Waals surface area contributed by atoms with Crippen LogP contribution < -0.4 is 5.32 Å². The summed E-state index contributed by atoms with van der Waals surface area (Å²) in [6.07, 6.45) is 1.64. The fraction of sp³-hybridized carbons (Fsp3) is 0.333. The lowest BCUT2D eigenvalue weighted by Gasteiger charge is -2.10. The second kappa shape index (κ2) is 8.18. The molecule has 0 radical (unpaired) electrons. The lowest BCUT2D eigenvalue weighted by molar-refractivity contribution is -0.115. The van der Waals surface area contributed by atoms with Gasteiger partial charge in [0.1, 0.15) is 5.76 Å². The molecule has 0 saturated carbocycles. The van der Waals surface area contributed by atoms with Crippen molar-refractivity contribution in [2.24, 2.45) is 0 Å². The Bertz CT molecular complexity index is 872. The first-order chi connectivity index (χ1) is 12.6. The van der Waals surface area contributed by atoms with E-state index in [0.717, 1.165) is 12.0 Å². The molecule has 2 N–H and O–H groups in total. The molecule has 0 saturated heterocycles. The molecule has 2 aromatic heterocycles. The quantitative estimate of drug-likeness (QED) is 0.613. The molecule has 1 amide bonds. The minimum atomic E-state index is -0.321. The number of amides is 1. The van der Waals surface area contributed by atoms with E-state index in [1.165, 1.54) is 17.3 Å². The number of hydrogen-bond donors (Lipinski definition) is 2. The largest absolute Gasteiger partial charge is 0.360 e. The summed E-state index contributed by atoms with van der Waals surface area (Å²) in [5.74, 6) is 1.61. The van der Waals surface area contributed by atoms with Crippen molar-refractivity contribution in [1.82, 2.24) is 20.3 Å². The highest BCUT2D eigenvalue weighted by molar-refractivity contribution is 8.00. The number of H-pyrrole nitrogens is 1. The molecule has 136 valence electrons. The molecule has 0 fully saturated rings. The lowest BCUT2D eigenvalue weighted by Crippen LogP contribution is -2.24. The van der Waals surface area contributed by atoms with Crippen LogP contribution in [0.1, 0.15) is 31.6 Å². The maximum atomic E-state index is 12.4. The van der Waals surface area contributed by atoms with E-state index >= 15 is 0 Å². The van der Waals surface area contributed by atoms with Crippen LogP contribution in [0.3, 0.4) is 0 Å². The molecule has 1 unspecified atom stereocenters. The average molecular weight is 371 g/mol. The molecule has 8 heteroatoms. The fourth-order valence-corrected chi connectivity index (χ4v) is 3.24. The number of aromatic amines is 1. The number of benzene rings is 1. The summed E-state index contributed by atoms with van der Waals surface area (Å²) in [5, 5.41) is 13.9. The Morgan fingerprint density at radius 3 is 2.69 bits per heavy atom. The van der Waals surface area contributed by atoms with E-state index in [0.29, 0.717) is 29.0 Å². The summed E-state index contributed by atoms with van der Waals surface area (Å²) in [4.78, 5) is 16.9. The maximum absolute atomic E-state index is 12.4. The highest BCUT2D eigenvalue weighted by Crippen LogP contribution is 2.25. The summed E-state index contributed by atoms with van der Waals surface area (Å²) < 4.78 is 4.96. The number of aromatic nitrogens is 4.